The lowest BCUT2D eigenvalue weighted by molar-refractivity contribution is 0.107. The van der Waals surface area contributed by atoms with Crippen LogP contribution in [0.5, 0.6) is 0 Å². The van der Waals surface area contributed by atoms with Gasteiger partial charge in [0.25, 0.3) is 5.24 Å². The number of benzene rings is 1. The molecule has 0 atom stereocenters. The maximum absolute atomic E-state index is 11.3. The van der Waals surface area contributed by atoms with Crippen LogP contribution in [0.4, 0.5) is 0 Å². The van der Waals surface area contributed by atoms with Gasteiger partial charge in [0.1, 0.15) is 0 Å². The lowest BCUT2D eigenvalue weighted by Crippen LogP contribution is -2.04. The van der Waals surface area contributed by atoms with Crippen LogP contribution in [0.2, 0.25) is 0 Å². The maximum atomic E-state index is 11.3. The highest BCUT2D eigenvalue weighted by Gasteiger charge is 2.17. The highest BCUT2D eigenvalue weighted by atomic mass is 35.5. The molecule has 0 heterocycles. The molecule has 0 N–H and O–H groups in total. The Morgan fingerprint density at radius 2 is 2.07 bits per heavy atom. The number of rotatable bonds is 3. The number of halogens is 1. The minimum Gasteiger partial charge on any atom is -0.276 e. The van der Waals surface area contributed by atoms with Gasteiger partial charge in [0.2, 0.25) is 0 Å². The Hall–Kier alpha value is -1.13. The Morgan fingerprint density at radius 3 is 2.47 bits per heavy atom. The zero-order chi connectivity index (χ0) is 11.6. The minimum absolute atomic E-state index is 0.0171. The summed E-state index contributed by atoms with van der Waals surface area (Å²) in [6.45, 7) is 3.52. The summed E-state index contributed by atoms with van der Waals surface area (Å²) in [5, 5.41) is -0.792. The number of carbonyl (C=O) groups excluding carboxylic acids is 1. The first kappa shape index (κ1) is 11.9. The van der Waals surface area contributed by atoms with E-state index in [1.165, 1.54) is 18.2 Å². The molecule has 0 radical (unpaired) electrons. The molecule has 0 spiro atoms. The SMILES string of the molecule is C=Cc1ccc(S(C)(=O)=O)c(C(=O)Cl)c1. The summed E-state index contributed by atoms with van der Waals surface area (Å²) in [5.41, 5.74) is 0.628. The Bertz CT molecular complexity index is 517. The molecular formula is C10H9ClO3S. The first-order valence-electron chi connectivity index (χ1n) is 4.02. The van der Waals surface area contributed by atoms with Gasteiger partial charge in [0.05, 0.1) is 10.5 Å². The van der Waals surface area contributed by atoms with Crippen molar-refractivity contribution in [3.8, 4) is 0 Å². The Labute approximate surface area is 93.3 Å². The van der Waals surface area contributed by atoms with E-state index in [0.29, 0.717) is 5.56 Å². The highest BCUT2D eigenvalue weighted by Crippen LogP contribution is 2.20. The molecule has 0 fully saturated rings. The third-order valence-corrected chi connectivity index (χ3v) is 3.21. The van der Waals surface area contributed by atoms with Crippen LogP contribution in [-0.4, -0.2) is 19.9 Å². The monoisotopic (exact) mass is 244 g/mol. The Morgan fingerprint density at radius 1 is 1.47 bits per heavy atom. The molecule has 3 nitrogen and oxygen atoms in total. The summed E-state index contributed by atoms with van der Waals surface area (Å²) in [5.74, 6) is 0. The van der Waals surface area contributed by atoms with Gasteiger partial charge in [0.15, 0.2) is 9.84 Å². The van der Waals surface area contributed by atoms with Gasteiger partial charge in [-0.15, -0.1) is 0 Å². The second-order valence-electron chi connectivity index (χ2n) is 3.01. The van der Waals surface area contributed by atoms with E-state index < -0.39 is 15.1 Å². The van der Waals surface area contributed by atoms with Gasteiger partial charge in [-0.2, -0.15) is 0 Å². The van der Waals surface area contributed by atoms with Crippen molar-refractivity contribution >= 4 is 32.8 Å². The molecule has 1 rings (SSSR count). The van der Waals surface area contributed by atoms with Crippen LogP contribution in [0.15, 0.2) is 29.7 Å². The maximum Gasteiger partial charge on any atom is 0.253 e. The molecule has 0 saturated carbocycles. The van der Waals surface area contributed by atoms with E-state index in [4.69, 9.17) is 11.6 Å². The molecule has 1 aromatic rings. The smallest absolute Gasteiger partial charge is 0.253 e. The van der Waals surface area contributed by atoms with Gasteiger partial charge < -0.3 is 0 Å². The molecule has 0 aromatic heterocycles. The quantitative estimate of drug-likeness (QED) is 0.766. The minimum atomic E-state index is -3.44. The fraction of sp³-hybridized carbons (Fsp3) is 0.100. The molecule has 1 aromatic carbocycles. The topological polar surface area (TPSA) is 51.2 Å². The number of hydrogen-bond donors (Lipinski definition) is 0. The van der Waals surface area contributed by atoms with E-state index in [9.17, 15) is 13.2 Å². The summed E-state index contributed by atoms with van der Waals surface area (Å²) in [6, 6.07) is 4.31. The number of sulfone groups is 1. The van der Waals surface area contributed by atoms with Gasteiger partial charge in [0, 0.05) is 6.26 Å². The zero-order valence-electron chi connectivity index (χ0n) is 8.03. The van der Waals surface area contributed by atoms with E-state index in [0.717, 1.165) is 6.26 Å². The van der Waals surface area contributed by atoms with E-state index >= 15 is 0 Å². The molecule has 0 amide bonds. The van der Waals surface area contributed by atoms with Gasteiger partial charge in [-0.25, -0.2) is 8.42 Å². The highest BCUT2D eigenvalue weighted by molar-refractivity contribution is 7.90. The fourth-order valence-electron chi connectivity index (χ4n) is 1.15. The lowest BCUT2D eigenvalue weighted by Gasteiger charge is -2.04. The molecule has 0 aliphatic carbocycles. The molecule has 5 heteroatoms. The fourth-order valence-corrected chi connectivity index (χ4v) is 2.23. The molecule has 0 bridgehead atoms. The molecule has 0 saturated heterocycles. The number of hydrogen-bond acceptors (Lipinski definition) is 3. The average molecular weight is 245 g/mol. The third kappa shape index (κ3) is 2.67. The Balaban J connectivity index is 3.54. The van der Waals surface area contributed by atoms with Crippen LogP contribution in [0.1, 0.15) is 15.9 Å². The van der Waals surface area contributed by atoms with Crippen LogP contribution in [-0.2, 0) is 9.84 Å². The molecule has 0 aliphatic heterocycles. The summed E-state index contributed by atoms with van der Waals surface area (Å²) >= 11 is 5.31. The number of carbonyl (C=O) groups is 1. The largest absolute Gasteiger partial charge is 0.276 e. The summed E-state index contributed by atoms with van der Waals surface area (Å²) in [4.78, 5) is 11.0. The Kier molecular flexibility index (Phi) is 3.31. The first-order valence-corrected chi connectivity index (χ1v) is 6.29. The van der Waals surface area contributed by atoms with Crippen LogP contribution >= 0.6 is 11.6 Å². The molecule has 80 valence electrons. The van der Waals surface area contributed by atoms with Gasteiger partial charge in [-0.05, 0) is 29.3 Å². The van der Waals surface area contributed by atoms with Gasteiger partial charge in [-0.1, -0.05) is 18.7 Å². The summed E-state index contributed by atoms with van der Waals surface area (Å²) in [6.07, 6.45) is 2.54. The van der Waals surface area contributed by atoms with Crippen LogP contribution < -0.4 is 0 Å². The first-order chi connectivity index (χ1) is 6.86. The van der Waals surface area contributed by atoms with E-state index in [1.54, 1.807) is 6.07 Å². The molecule has 0 aliphatic rings. The van der Waals surface area contributed by atoms with E-state index in [2.05, 4.69) is 6.58 Å². The van der Waals surface area contributed by atoms with Crippen molar-refractivity contribution < 1.29 is 13.2 Å². The van der Waals surface area contributed by atoms with Gasteiger partial charge >= 0.3 is 0 Å². The van der Waals surface area contributed by atoms with Crippen molar-refractivity contribution in [3.05, 3.63) is 35.9 Å². The van der Waals surface area contributed by atoms with Crippen LogP contribution in [0.3, 0.4) is 0 Å². The third-order valence-electron chi connectivity index (χ3n) is 1.85. The van der Waals surface area contributed by atoms with E-state index in [1.807, 2.05) is 0 Å². The standard InChI is InChI=1S/C10H9ClO3S/c1-3-7-4-5-9(15(2,13)14)8(6-7)10(11)12/h3-6H,1H2,2H3. The molecular weight excluding hydrogens is 236 g/mol. The van der Waals surface area contributed by atoms with E-state index in [-0.39, 0.29) is 10.5 Å². The normalized spacial score (nSPS) is 11.1. The van der Waals surface area contributed by atoms with Crippen molar-refractivity contribution in [2.75, 3.05) is 6.26 Å². The second kappa shape index (κ2) is 4.16. The zero-order valence-corrected chi connectivity index (χ0v) is 9.60. The molecule has 15 heavy (non-hydrogen) atoms. The van der Waals surface area contributed by atoms with Crippen molar-refractivity contribution in [1.82, 2.24) is 0 Å². The van der Waals surface area contributed by atoms with Crippen molar-refractivity contribution in [2.24, 2.45) is 0 Å². The average Bonchev–Trinajstić information content (AvgIpc) is 2.15. The summed E-state index contributed by atoms with van der Waals surface area (Å²) < 4.78 is 22.6. The predicted molar refractivity (Wildman–Crippen MR) is 59.8 cm³/mol. The van der Waals surface area contributed by atoms with Crippen molar-refractivity contribution in [1.29, 1.82) is 0 Å². The lowest BCUT2D eigenvalue weighted by atomic mass is 10.1. The molecule has 0 unspecified atom stereocenters. The van der Waals surface area contributed by atoms with Gasteiger partial charge in [-0.3, -0.25) is 4.79 Å². The summed E-state index contributed by atoms with van der Waals surface area (Å²) in [7, 11) is -3.44. The second-order valence-corrected chi connectivity index (χ2v) is 5.33. The van der Waals surface area contributed by atoms with Crippen molar-refractivity contribution in [2.45, 2.75) is 4.90 Å². The van der Waals surface area contributed by atoms with Crippen LogP contribution in [0.25, 0.3) is 6.08 Å². The predicted octanol–water partition coefficient (Wildman–Crippen LogP) is 2.11. The van der Waals surface area contributed by atoms with Crippen LogP contribution in [0, 0.1) is 0 Å². The van der Waals surface area contributed by atoms with Crippen molar-refractivity contribution in [3.63, 3.8) is 0 Å².